The van der Waals surface area contributed by atoms with Crippen LogP contribution in [0.5, 0.6) is 0 Å². The molecular weight excluding hydrogens is 797 g/mol. The molecular formula is C28H39FN10O15P2. The van der Waals surface area contributed by atoms with Crippen LogP contribution in [0.25, 0.3) is 11.2 Å². The summed E-state index contributed by atoms with van der Waals surface area (Å²) in [6.45, 7) is 2.41. The van der Waals surface area contributed by atoms with Crippen molar-refractivity contribution in [3.8, 4) is 0 Å². The van der Waals surface area contributed by atoms with Gasteiger partial charge in [-0.15, -0.1) is 0 Å². The zero-order valence-electron chi connectivity index (χ0n) is 30.1. The number of hydrogen-bond acceptors (Lipinski definition) is 21. The topological polar surface area (TPSA) is 318 Å². The van der Waals surface area contributed by atoms with Crippen molar-refractivity contribution in [1.29, 1.82) is 0 Å². The molecule has 4 aliphatic heterocycles. The molecule has 0 spiro atoms. The number of nitrogen functional groups attached to an aromatic ring is 1. The van der Waals surface area contributed by atoms with Crippen LogP contribution in [0.15, 0.2) is 17.4 Å². The Kier molecular flexibility index (Phi) is 11.0. The molecule has 0 aromatic carbocycles. The van der Waals surface area contributed by atoms with Crippen LogP contribution in [-0.4, -0.2) is 112 Å². The fourth-order valence-corrected chi connectivity index (χ4v) is 8.87. The van der Waals surface area contributed by atoms with E-state index in [4.69, 9.17) is 57.6 Å². The number of fused-ring (bicyclic) bond motifs is 4. The third kappa shape index (κ3) is 7.78. The third-order valence-corrected chi connectivity index (χ3v) is 12.0. The molecule has 28 heteroatoms. The van der Waals surface area contributed by atoms with E-state index in [0.717, 1.165) is 18.0 Å². The molecule has 3 aromatic heterocycles. The van der Waals surface area contributed by atoms with Crippen molar-refractivity contribution in [3.05, 3.63) is 28.7 Å². The Balaban J connectivity index is 1.24. The van der Waals surface area contributed by atoms with Crippen LogP contribution in [0, 0.1) is 5.41 Å². The number of phosphoric ester groups is 2. The number of alkyl halides is 1. The highest BCUT2D eigenvalue weighted by molar-refractivity contribution is 7.48. The first kappa shape index (κ1) is 40.1. The van der Waals surface area contributed by atoms with E-state index >= 15 is 4.39 Å². The second-order valence-electron chi connectivity index (χ2n) is 13.4. The van der Waals surface area contributed by atoms with E-state index < -0.39 is 101 Å². The van der Waals surface area contributed by atoms with Crippen molar-refractivity contribution in [2.45, 2.75) is 76.5 Å². The summed E-state index contributed by atoms with van der Waals surface area (Å²) in [5, 5.41) is 5.18. The first-order valence-electron chi connectivity index (χ1n) is 16.9. The van der Waals surface area contributed by atoms with Gasteiger partial charge in [0, 0.05) is 12.5 Å². The molecule has 56 heavy (non-hydrogen) atoms. The lowest BCUT2D eigenvalue weighted by Crippen LogP contribution is -2.51. The largest absolute Gasteiger partial charge is 0.510 e. The highest BCUT2D eigenvalue weighted by atomic mass is 31.2. The van der Waals surface area contributed by atoms with Crippen LogP contribution in [0.4, 0.5) is 21.0 Å². The Morgan fingerprint density at radius 3 is 2.64 bits per heavy atom. The summed E-state index contributed by atoms with van der Waals surface area (Å²) in [5.74, 6) is -0.890. The third-order valence-electron chi connectivity index (χ3n) is 9.14. The van der Waals surface area contributed by atoms with Gasteiger partial charge in [0.2, 0.25) is 12.7 Å². The fourth-order valence-electron chi connectivity index (χ4n) is 6.41. The van der Waals surface area contributed by atoms with Gasteiger partial charge >= 0.3 is 21.8 Å². The van der Waals surface area contributed by atoms with Gasteiger partial charge in [-0.1, -0.05) is 6.92 Å². The molecule has 308 valence electrons. The molecule has 7 heterocycles. The Morgan fingerprint density at radius 2 is 1.89 bits per heavy atom. The van der Waals surface area contributed by atoms with Crippen molar-refractivity contribution in [2.75, 3.05) is 44.8 Å². The van der Waals surface area contributed by atoms with Crippen molar-refractivity contribution < 1.29 is 69.2 Å². The van der Waals surface area contributed by atoms with Crippen LogP contribution in [0.1, 0.15) is 50.1 Å². The normalized spacial score (nSPS) is 35.0. The van der Waals surface area contributed by atoms with Crippen molar-refractivity contribution in [3.63, 3.8) is 0 Å². The van der Waals surface area contributed by atoms with Crippen molar-refractivity contribution in [2.24, 2.45) is 11.1 Å². The number of halogens is 1. The Hall–Kier alpha value is -4.07. The number of anilines is 2. The smallest absolute Gasteiger partial charge is 0.432 e. The number of nitrogens with one attached hydrogen (secondary N) is 3. The van der Waals surface area contributed by atoms with Crippen molar-refractivity contribution >= 4 is 50.6 Å². The number of imidazole rings is 2. The summed E-state index contributed by atoms with van der Waals surface area (Å²) >= 11 is 0. The number of phosphoric acid groups is 2. The molecule has 3 aromatic rings. The molecule has 0 radical (unpaired) electrons. The lowest BCUT2D eigenvalue weighted by molar-refractivity contribution is -0.0708. The predicted molar refractivity (Wildman–Crippen MR) is 183 cm³/mol. The summed E-state index contributed by atoms with van der Waals surface area (Å²) in [4.78, 5) is 52.0. The van der Waals surface area contributed by atoms with Crippen LogP contribution in [0.3, 0.4) is 0 Å². The van der Waals surface area contributed by atoms with E-state index in [2.05, 4.69) is 30.6 Å². The first-order chi connectivity index (χ1) is 26.5. The maximum absolute atomic E-state index is 16.6. The minimum absolute atomic E-state index is 0.00519. The van der Waals surface area contributed by atoms with Crippen LogP contribution in [0.2, 0.25) is 0 Å². The number of H-pyrrole nitrogens is 1. The second-order valence-corrected chi connectivity index (χ2v) is 16.8. The first-order valence-corrected chi connectivity index (χ1v) is 19.9. The van der Waals surface area contributed by atoms with Gasteiger partial charge in [0.15, 0.2) is 41.8 Å². The van der Waals surface area contributed by atoms with Gasteiger partial charge in [0.1, 0.15) is 24.1 Å². The quantitative estimate of drug-likeness (QED) is 0.127. The molecule has 25 nitrogen and oxygen atoms in total. The maximum Gasteiger partial charge on any atom is 0.510 e. The fraction of sp³-hybridized carbons (Fsp3) is 0.643. The number of ether oxygens (including phenoxy) is 4. The second kappa shape index (κ2) is 15.4. The number of amides is 1. The van der Waals surface area contributed by atoms with Crippen LogP contribution in [-0.2, 0) is 55.2 Å². The molecule has 0 saturated carbocycles. The van der Waals surface area contributed by atoms with Gasteiger partial charge in [-0.05, 0) is 20.3 Å². The molecule has 10 atom stereocenters. The maximum atomic E-state index is 16.6. The number of carbonyl (C=O) groups excluding carboxylic acids is 2. The number of aromatic amines is 1. The summed E-state index contributed by atoms with van der Waals surface area (Å²) < 4.78 is 103. The summed E-state index contributed by atoms with van der Waals surface area (Å²) in [7, 11) is -8.55. The number of rotatable bonds is 7. The van der Waals surface area contributed by atoms with Gasteiger partial charge in [-0.2, -0.15) is 4.98 Å². The molecule has 4 aliphatic rings. The van der Waals surface area contributed by atoms with Gasteiger partial charge in [-0.25, -0.2) is 32.8 Å². The minimum atomic E-state index is -4.98. The van der Waals surface area contributed by atoms with Crippen LogP contribution >= 0.6 is 15.6 Å². The van der Waals surface area contributed by atoms with Crippen LogP contribution < -0.4 is 27.7 Å². The van der Waals surface area contributed by atoms with E-state index in [0.29, 0.717) is 0 Å². The van der Waals surface area contributed by atoms with Crippen molar-refractivity contribution in [1.82, 2.24) is 34.4 Å². The highest BCUT2D eigenvalue weighted by Crippen LogP contribution is 2.59. The SMILES string of the molecule is COP1(=O)OCCC2(C)COC(n3cnc4c(=O)[nH]c(N)nc43)C2OP(=O)(OCOC(=O)OC(C)C)OCC2OC(n3cnc4c3NC(N)NC4=O)C(F)C2O1. The summed E-state index contributed by atoms with van der Waals surface area (Å²) in [6.07, 6.45) is -10.3. The Bertz CT molecular complexity index is 2140. The minimum Gasteiger partial charge on any atom is -0.432 e. The molecule has 1 amide bonds. The van der Waals surface area contributed by atoms with Gasteiger partial charge < -0.3 is 35.3 Å². The summed E-state index contributed by atoms with van der Waals surface area (Å²) in [5.41, 5.74) is 9.58. The molecule has 3 fully saturated rings. The predicted octanol–water partition coefficient (Wildman–Crippen LogP) is 1.37. The van der Waals surface area contributed by atoms with Gasteiger partial charge in [-0.3, -0.25) is 52.1 Å². The number of nitrogens with zero attached hydrogens (tertiary/aromatic N) is 5. The van der Waals surface area contributed by atoms with Gasteiger partial charge in [0.25, 0.3) is 11.5 Å². The number of nitrogens with two attached hydrogens (primary N) is 2. The highest BCUT2D eigenvalue weighted by Gasteiger charge is 2.56. The molecule has 10 unspecified atom stereocenters. The number of carbonyl (C=O) groups is 2. The number of hydrogen-bond donors (Lipinski definition) is 5. The zero-order chi connectivity index (χ0) is 40.2. The monoisotopic (exact) mass is 836 g/mol. The Labute approximate surface area is 315 Å². The van der Waals surface area contributed by atoms with E-state index in [1.165, 1.54) is 10.9 Å². The van der Waals surface area contributed by atoms with Gasteiger partial charge in [0.05, 0.1) is 38.6 Å². The number of aromatic nitrogens is 6. The molecule has 0 aliphatic carbocycles. The standard InChI is InChI=1S/C28H39FN10O15P2/c1-12(2)51-27(42)47-11-50-56(44)49-7-13-17(14(29)23(52-13)38-9-32-15-19(38)34-25(30)36-21(15)40)53-55(43,45-4)48-6-5-28(3)8-46-24(18(28)54-56)39-10-33-16-20(39)35-26(31)37-22(16)41/h9-10,12-14,17-18,23-25,34H,5-8,11,30H2,1-4H3,(H,36,40)(H3,31,35,37,41). The molecule has 7 rings (SSSR count). The zero-order valence-corrected chi connectivity index (χ0v) is 31.9. The van der Waals surface area contributed by atoms with E-state index in [9.17, 15) is 23.5 Å². The lowest BCUT2D eigenvalue weighted by atomic mass is 9.83. The molecule has 7 N–H and O–H groups in total. The average Bonchev–Trinajstić information content (AvgIpc) is 3.88. The van der Waals surface area contributed by atoms with E-state index in [1.54, 1.807) is 20.8 Å². The Morgan fingerprint density at radius 1 is 1.12 bits per heavy atom. The molecule has 3 saturated heterocycles. The van der Waals surface area contributed by atoms with E-state index in [1.807, 2.05) is 0 Å². The average molecular weight is 837 g/mol. The molecule has 0 bridgehead atoms. The summed E-state index contributed by atoms with van der Waals surface area (Å²) in [6, 6.07) is 0. The van der Waals surface area contributed by atoms with E-state index in [-0.39, 0.29) is 48.3 Å². The lowest BCUT2D eigenvalue weighted by Gasteiger charge is -2.33.